The predicted octanol–water partition coefficient (Wildman–Crippen LogP) is 2.47. The van der Waals surface area contributed by atoms with Gasteiger partial charge in [-0.2, -0.15) is 0 Å². The van der Waals surface area contributed by atoms with Gasteiger partial charge in [-0.25, -0.2) is 0 Å². The monoisotopic (exact) mass is 352 g/mol. The number of anilines is 2. The van der Waals surface area contributed by atoms with Crippen LogP contribution >= 0.6 is 0 Å². The minimum atomic E-state index is -1.08. The SMILES string of the molecule is O=C(O)CN(C(=O)CCN1C(=O)CCc2ccccc21)c1ccccc1. The molecule has 2 aromatic rings. The Hall–Kier alpha value is -3.15. The molecular formula is C20H20N2O4. The first-order valence-corrected chi connectivity index (χ1v) is 8.52. The van der Waals surface area contributed by atoms with Gasteiger partial charge in [-0.3, -0.25) is 14.4 Å². The van der Waals surface area contributed by atoms with E-state index < -0.39 is 12.5 Å². The molecule has 0 fully saturated rings. The zero-order chi connectivity index (χ0) is 18.5. The summed E-state index contributed by atoms with van der Waals surface area (Å²) in [6, 6.07) is 16.4. The molecule has 1 aliphatic heterocycles. The van der Waals surface area contributed by atoms with Crippen molar-refractivity contribution in [3.8, 4) is 0 Å². The highest BCUT2D eigenvalue weighted by atomic mass is 16.4. The van der Waals surface area contributed by atoms with Crippen molar-refractivity contribution in [2.45, 2.75) is 19.3 Å². The quantitative estimate of drug-likeness (QED) is 0.866. The number of aliphatic carboxylic acids is 1. The summed E-state index contributed by atoms with van der Waals surface area (Å²) < 4.78 is 0. The van der Waals surface area contributed by atoms with Gasteiger partial charge < -0.3 is 14.9 Å². The molecule has 26 heavy (non-hydrogen) atoms. The van der Waals surface area contributed by atoms with Crippen LogP contribution in [0.5, 0.6) is 0 Å². The number of carboxylic acid groups (broad SMARTS) is 1. The molecule has 0 unspecified atom stereocenters. The largest absolute Gasteiger partial charge is 0.480 e. The average Bonchev–Trinajstić information content (AvgIpc) is 2.65. The van der Waals surface area contributed by atoms with Gasteiger partial charge >= 0.3 is 5.97 Å². The van der Waals surface area contributed by atoms with Crippen molar-refractivity contribution in [1.29, 1.82) is 0 Å². The molecule has 0 saturated heterocycles. The second kappa shape index (κ2) is 7.82. The molecule has 6 nitrogen and oxygen atoms in total. The van der Waals surface area contributed by atoms with Gasteiger partial charge in [0.2, 0.25) is 11.8 Å². The molecule has 1 aliphatic rings. The summed E-state index contributed by atoms with van der Waals surface area (Å²) in [5.41, 5.74) is 2.45. The van der Waals surface area contributed by atoms with E-state index in [0.717, 1.165) is 11.3 Å². The molecule has 0 saturated carbocycles. The molecular weight excluding hydrogens is 332 g/mol. The number of amides is 2. The number of nitrogens with zero attached hydrogens (tertiary/aromatic N) is 2. The van der Waals surface area contributed by atoms with Crippen LogP contribution in [0.2, 0.25) is 0 Å². The fourth-order valence-electron chi connectivity index (χ4n) is 3.15. The van der Waals surface area contributed by atoms with Crippen molar-refractivity contribution < 1.29 is 19.5 Å². The molecule has 134 valence electrons. The second-order valence-corrected chi connectivity index (χ2v) is 6.13. The highest BCUT2D eigenvalue weighted by molar-refractivity contribution is 6.00. The fourth-order valence-corrected chi connectivity index (χ4v) is 3.15. The Morgan fingerprint density at radius 3 is 2.42 bits per heavy atom. The van der Waals surface area contributed by atoms with Gasteiger partial charge in [-0.15, -0.1) is 0 Å². The first kappa shape index (κ1) is 17.7. The topological polar surface area (TPSA) is 77.9 Å². The van der Waals surface area contributed by atoms with E-state index in [2.05, 4.69) is 0 Å². The summed E-state index contributed by atoms with van der Waals surface area (Å²) >= 11 is 0. The van der Waals surface area contributed by atoms with Crippen LogP contribution in [0.3, 0.4) is 0 Å². The Balaban J connectivity index is 1.74. The number of para-hydroxylation sites is 2. The van der Waals surface area contributed by atoms with E-state index in [1.54, 1.807) is 35.2 Å². The van der Waals surface area contributed by atoms with Gasteiger partial charge in [0.25, 0.3) is 0 Å². The van der Waals surface area contributed by atoms with Gasteiger partial charge in [0, 0.05) is 30.8 Å². The fraction of sp³-hybridized carbons (Fsp3) is 0.250. The minimum Gasteiger partial charge on any atom is -0.480 e. The Bertz CT molecular complexity index is 820. The summed E-state index contributed by atoms with van der Waals surface area (Å²) in [7, 11) is 0. The Labute approximate surface area is 151 Å². The van der Waals surface area contributed by atoms with Crippen molar-refractivity contribution in [2.75, 3.05) is 22.9 Å². The molecule has 2 aromatic carbocycles. The third-order valence-electron chi connectivity index (χ3n) is 4.40. The molecule has 0 radical (unpaired) electrons. The first-order chi connectivity index (χ1) is 12.6. The number of carbonyl (C=O) groups is 3. The Morgan fingerprint density at radius 2 is 1.69 bits per heavy atom. The van der Waals surface area contributed by atoms with Gasteiger partial charge in [0.15, 0.2) is 0 Å². The highest BCUT2D eigenvalue weighted by Crippen LogP contribution is 2.27. The smallest absolute Gasteiger partial charge is 0.323 e. The number of hydrogen-bond acceptors (Lipinski definition) is 3. The second-order valence-electron chi connectivity index (χ2n) is 6.13. The normalized spacial score (nSPS) is 13.2. The molecule has 1 heterocycles. The lowest BCUT2D eigenvalue weighted by Crippen LogP contribution is -2.41. The van der Waals surface area contributed by atoms with E-state index in [9.17, 15) is 14.4 Å². The Morgan fingerprint density at radius 1 is 1.00 bits per heavy atom. The molecule has 2 amide bonds. The van der Waals surface area contributed by atoms with E-state index in [1.807, 2.05) is 24.3 Å². The average molecular weight is 352 g/mol. The van der Waals surface area contributed by atoms with Crippen LogP contribution in [-0.4, -0.2) is 36.0 Å². The van der Waals surface area contributed by atoms with Gasteiger partial charge in [-0.1, -0.05) is 36.4 Å². The van der Waals surface area contributed by atoms with Crippen LogP contribution in [0, 0.1) is 0 Å². The van der Waals surface area contributed by atoms with Crippen molar-refractivity contribution in [3.63, 3.8) is 0 Å². The van der Waals surface area contributed by atoms with E-state index in [-0.39, 0.29) is 24.8 Å². The third-order valence-corrected chi connectivity index (χ3v) is 4.40. The van der Waals surface area contributed by atoms with Crippen LogP contribution in [0.1, 0.15) is 18.4 Å². The maximum Gasteiger partial charge on any atom is 0.323 e. The van der Waals surface area contributed by atoms with Crippen LogP contribution in [-0.2, 0) is 20.8 Å². The molecule has 0 aliphatic carbocycles. The number of carbonyl (C=O) groups excluding carboxylic acids is 2. The van der Waals surface area contributed by atoms with E-state index in [1.165, 1.54) is 4.90 Å². The van der Waals surface area contributed by atoms with Crippen LogP contribution in [0.25, 0.3) is 0 Å². The van der Waals surface area contributed by atoms with Crippen molar-refractivity contribution in [1.82, 2.24) is 0 Å². The van der Waals surface area contributed by atoms with Crippen molar-refractivity contribution in [3.05, 3.63) is 60.2 Å². The first-order valence-electron chi connectivity index (χ1n) is 8.52. The number of benzene rings is 2. The zero-order valence-electron chi connectivity index (χ0n) is 14.3. The summed E-state index contributed by atoms with van der Waals surface area (Å²) in [4.78, 5) is 39.0. The lowest BCUT2D eigenvalue weighted by Gasteiger charge is -2.30. The third kappa shape index (κ3) is 3.91. The summed E-state index contributed by atoms with van der Waals surface area (Å²) in [5, 5.41) is 9.12. The number of aryl methyl sites for hydroxylation is 1. The molecule has 1 N–H and O–H groups in total. The zero-order valence-corrected chi connectivity index (χ0v) is 14.3. The molecule has 6 heteroatoms. The molecule has 3 rings (SSSR count). The van der Waals surface area contributed by atoms with Gasteiger partial charge in [-0.05, 0) is 30.2 Å². The lowest BCUT2D eigenvalue weighted by atomic mass is 10.0. The summed E-state index contributed by atoms with van der Waals surface area (Å²) in [6.45, 7) is -0.176. The maximum absolute atomic E-state index is 12.7. The van der Waals surface area contributed by atoms with Crippen LogP contribution in [0.15, 0.2) is 54.6 Å². The lowest BCUT2D eigenvalue weighted by molar-refractivity contribution is -0.136. The molecule has 0 aromatic heterocycles. The van der Waals surface area contributed by atoms with Crippen molar-refractivity contribution in [2.24, 2.45) is 0 Å². The standard InChI is InChI=1S/C20H20N2O4/c23-18-11-10-15-6-4-5-9-17(15)21(18)13-12-19(24)22(14-20(25)26)16-7-2-1-3-8-16/h1-9H,10-14H2,(H,25,26). The number of fused-ring (bicyclic) bond motifs is 1. The van der Waals surface area contributed by atoms with E-state index >= 15 is 0 Å². The molecule has 0 atom stereocenters. The van der Waals surface area contributed by atoms with Crippen molar-refractivity contribution >= 4 is 29.2 Å². The van der Waals surface area contributed by atoms with Crippen LogP contribution < -0.4 is 9.80 Å². The number of carboxylic acids is 1. The molecule has 0 bridgehead atoms. The number of rotatable bonds is 6. The summed E-state index contributed by atoms with van der Waals surface area (Å²) in [5.74, 6) is -1.42. The summed E-state index contributed by atoms with van der Waals surface area (Å²) in [6.07, 6.45) is 1.18. The predicted molar refractivity (Wildman–Crippen MR) is 98.2 cm³/mol. The van der Waals surface area contributed by atoms with Crippen LogP contribution in [0.4, 0.5) is 11.4 Å². The van der Waals surface area contributed by atoms with E-state index in [4.69, 9.17) is 5.11 Å². The minimum absolute atomic E-state index is 0.0130. The van der Waals surface area contributed by atoms with Gasteiger partial charge in [0.1, 0.15) is 6.54 Å². The van der Waals surface area contributed by atoms with Gasteiger partial charge in [0.05, 0.1) is 0 Å². The maximum atomic E-state index is 12.7. The molecule has 0 spiro atoms. The highest BCUT2D eigenvalue weighted by Gasteiger charge is 2.26. The Kier molecular flexibility index (Phi) is 5.31. The van der Waals surface area contributed by atoms with E-state index in [0.29, 0.717) is 18.5 Å². The number of hydrogen-bond donors (Lipinski definition) is 1.